The van der Waals surface area contributed by atoms with E-state index in [-0.39, 0.29) is 24.3 Å². The Kier molecular flexibility index (Phi) is 12.2. The molecular weight excluding hydrogens is 464 g/mol. The van der Waals surface area contributed by atoms with Gasteiger partial charge in [0.2, 0.25) is 11.7 Å². The number of ketones is 1. The molecule has 0 saturated heterocycles. The molecule has 10 heteroatoms. The average molecular weight is 507 g/mol. The second-order valence-corrected chi connectivity index (χ2v) is 10.3. The van der Waals surface area contributed by atoms with Gasteiger partial charge in [0.1, 0.15) is 17.5 Å². The zero-order valence-corrected chi connectivity index (χ0v) is 22.7. The first-order chi connectivity index (χ1) is 16.8. The minimum atomic E-state index is -1.02. The first-order valence-electron chi connectivity index (χ1n) is 12.2. The fraction of sp³-hybridized carbons (Fsp3) is 0.615. The molecule has 1 rings (SSSR count). The van der Waals surface area contributed by atoms with E-state index in [4.69, 9.17) is 9.47 Å². The summed E-state index contributed by atoms with van der Waals surface area (Å²) in [6, 6.07) is 2.81. The summed E-state index contributed by atoms with van der Waals surface area (Å²) in [6.07, 6.45) is 0.596. The number of benzene rings is 1. The highest BCUT2D eigenvalue weighted by Gasteiger charge is 2.29. The van der Waals surface area contributed by atoms with Crippen LogP contribution in [-0.4, -0.2) is 56.5 Å². The maximum atomic E-state index is 13.0. The SMILES string of the molecule is CCC(NC(=O)C(CC(C)C)NC(=O)NCC(C)(C)C)C(=O)C(=O)NCc1cc(OC)cc(OC)c1. The fourth-order valence-electron chi connectivity index (χ4n) is 3.28. The molecule has 2 atom stereocenters. The van der Waals surface area contributed by atoms with Crippen molar-refractivity contribution >= 4 is 23.6 Å². The van der Waals surface area contributed by atoms with Gasteiger partial charge in [0.15, 0.2) is 0 Å². The number of methoxy groups -OCH3 is 2. The van der Waals surface area contributed by atoms with Crippen LogP contribution in [0.25, 0.3) is 0 Å². The lowest BCUT2D eigenvalue weighted by Gasteiger charge is -2.24. The smallest absolute Gasteiger partial charge is 0.315 e. The molecule has 10 nitrogen and oxygen atoms in total. The molecule has 0 aromatic heterocycles. The maximum Gasteiger partial charge on any atom is 0.315 e. The predicted octanol–water partition coefficient (Wildman–Crippen LogP) is 2.54. The van der Waals surface area contributed by atoms with Gasteiger partial charge < -0.3 is 30.7 Å². The number of hydrogen-bond donors (Lipinski definition) is 4. The van der Waals surface area contributed by atoms with Crippen LogP contribution in [-0.2, 0) is 20.9 Å². The molecule has 1 aromatic carbocycles. The van der Waals surface area contributed by atoms with E-state index in [2.05, 4.69) is 21.3 Å². The number of nitrogens with one attached hydrogen (secondary N) is 4. The standard InChI is InChI=1S/C26H42N4O6/c1-9-20(22(31)24(33)27-14-17-11-18(35-7)13-19(12-17)36-8)29-23(32)21(10-16(2)3)30-25(34)28-15-26(4,5)6/h11-13,16,20-21H,9-10,14-15H2,1-8H3,(H,27,33)(H,29,32)(H2,28,30,34). The van der Waals surface area contributed by atoms with Crippen LogP contribution >= 0.6 is 0 Å². The Morgan fingerprint density at radius 3 is 1.94 bits per heavy atom. The van der Waals surface area contributed by atoms with Crippen LogP contribution in [0.2, 0.25) is 0 Å². The van der Waals surface area contributed by atoms with Crippen LogP contribution in [0.1, 0.15) is 59.9 Å². The van der Waals surface area contributed by atoms with E-state index in [1.807, 2.05) is 34.6 Å². The number of rotatable bonds is 13. The van der Waals surface area contributed by atoms with Gasteiger partial charge in [-0.25, -0.2) is 4.79 Å². The Labute approximate surface area is 214 Å². The predicted molar refractivity (Wildman–Crippen MR) is 138 cm³/mol. The lowest BCUT2D eigenvalue weighted by atomic mass is 9.97. The Hall–Kier alpha value is -3.30. The first-order valence-corrected chi connectivity index (χ1v) is 12.2. The summed E-state index contributed by atoms with van der Waals surface area (Å²) in [5.74, 6) is -0.873. The van der Waals surface area contributed by atoms with Crippen molar-refractivity contribution in [3.8, 4) is 11.5 Å². The molecule has 0 radical (unpaired) electrons. The highest BCUT2D eigenvalue weighted by Crippen LogP contribution is 2.22. The second kappa shape index (κ2) is 14.3. The van der Waals surface area contributed by atoms with Crippen LogP contribution in [0, 0.1) is 11.3 Å². The van der Waals surface area contributed by atoms with Crippen molar-refractivity contribution in [3.05, 3.63) is 23.8 Å². The molecule has 0 heterocycles. The van der Waals surface area contributed by atoms with Crippen LogP contribution in [0.15, 0.2) is 18.2 Å². The topological polar surface area (TPSA) is 135 Å². The van der Waals surface area contributed by atoms with Gasteiger partial charge in [-0.05, 0) is 41.9 Å². The summed E-state index contributed by atoms with van der Waals surface area (Å²) in [5, 5.41) is 10.7. The maximum absolute atomic E-state index is 13.0. The van der Waals surface area contributed by atoms with Gasteiger partial charge in [-0.1, -0.05) is 41.5 Å². The average Bonchev–Trinajstić information content (AvgIpc) is 2.82. The number of carbonyl (C=O) groups is 4. The molecule has 0 aliphatic heterocycles. The van der Waals surface area contributed by atoms with E-state index in [0.717, 1.165) is 0 Å². The molecule has 4 amide bonds. The number of urea groups is 1. The molecule has 0 bridgehead atoms. The quantitative estimate of drug-likeness (QED) is 0.304. The molecule has 4 N–H and O–H groups in total. The highest BCUT2D eigenvalue weighted by atomic mass is 16.5. The van der Waals surface area contributed by atoms with Gasteiger partial charge in [0.05, 0.1) is 20.3 Å². The molecule has 2 unspecified atom stereocenters. The van der Waals surface area contributed by atoms with Crippen molar-refractivity contribution in [2.24, 2.45) is 11.3 Å². The molecule has 0 saturated carbocycles. The number of ether oxygens (including phenoxy) is 2. The summed E-state index contributed by atoms with van der Waals surface area (Å²) >= 11 is 0. The molecule has 1 aromatic rings. The third kappa shape index (κ3) is 11.0. The third-order valence-electron chi connectivity index (χ3n) is 5.24. The molecular formula is C26H42N4O6. The molecule has 202 valence electrons. The molecule has 36 heavy (non-hydrogen) atoms. The summed E-state index contributed by atoms with van der Waals surface area (Å²) in [6.45, 7) is 12.0. The lowest BCUT2D eigenvalue weighted by Crippen LogP contribution is -2.55. The van der Waals surface area contributed by atoms with Gasteiger partial charge in [-0.15, -0.1) is 0 Å². The Morgan fingerprint density at radius 1 is 0.889 bits per heavy atom. The van der Waals surface area contributed by atoms with Crippen molar-refractivity contribution in [1.29, 1.82) is 0 Å². The molecule has 0 spiro atoms. The summed E-state index contributed by atoms with van der Waals surface area (Å²) in [4.78, 5) is 50.6. The van der Waals surface area contributed by atoms with Crippen molar-refractivity contribution in [2.45, 2.75) is 73.0 Å². The van der Waals surface area contributed by atoms with Crippen molar-refractivity contribution in [3.63, 3.8) is 0 Å². The van der Waals surface area contributed by atoms with Crippen LogP contribution in [0.4, 0.5) is 4.79 Å². The summed E-state index contributed by atoms with van der Waals surface area (Å²) in [7, 11) is 3.04. The van der Waals surface area contributed by atoms with Gasteiger partial charge in [0, 0.05) is 19.2 Å². The normalized spacial score (nSPS) is 12.8. The van der Waals surface area contributed by atoms with Crippen molar-refractivity contribution in [1.82, 2.24) is 21.3 Å². The number of hydrogen-bond acceptors (Lipinski definition) is 6. The third-order valence-corrected chi connectivity index (χ3v) is 5.24. The summed E-state index contributed by atoms with van der Waals surface area (Å²) in [5.41, 5.74) is 0.572. The highest BCUT2D eigenvalue weighted by molar-refractivity contribution is 6.38. The van der Waals surface area contributed by atoms with Gasteiger partial charge in [0.25, 0.3) is 5.91 Å². The van der Waals surface area contributed by atoms with Crippen molar-refractivity contribution < 1.29 is 28.7 Å². The lowest BCUT2D eigenvalue weighted by molar-refractivity contribution is -0.140. The van der Waals surface area contributed by atoms with Crippen LogP contribution < -0.4 is 30.7 Å². The number of amides is 4. The van der Waals surface area contributed by atoms with Crippen LogP contribution in [0.3, 0.4) is 0 Å². The first kappa shape index (κ1) is 30.7. The van der Waals surface area contributed by atoms with Gasteiger partial charge in [-0.3, -0.25) is 14.4 Å². The molecule has 0 aliphatic carbocycles. The Bertz CT molecular complexity index is 888. The zero-order chi connectivity index (χ0) is 27.5. The largest absolute Gasteiger partial charge is 0.497 e. The van der Waals surface area contributed by atoms with E-state index < -0.39 is 35.7 Å². The fourth-order valence-corrected chi connectivity index (χ4v) is 3.28. The number of Topliss-reactive ketones (excluding diaryl/α,β-unsaturated/α-hetero) is 1. The van der Waals surface area contributed by atoms with E-state index in [1.165, 1.54) is 14.2 Å². The molecule has 0 fully saturated rings. The second-order valence-electron chi connectivity index (χ2n) is 10.3. The van der Waals surface area contributed by atoms with E-state index in [1.54, 1.807) is 25.1 Å². The monoisotopic (exact) mass is 506 g/mol. The Balaban J connectivity index is 2.81. The van der Waals surface area contributed by atoms with Crippen molar-refractivity contribution in [2.75, 3.05) is 20.8 Å². The minimum absolute atomic E-state index is 0.0774. The van der Waals surface area contributed by atoms with E-state index in [9.17, 15) is 19.2 Å². The minimum Gasteiger partial charge on any atom is -0.497 e. The Morgan fingerprint density at radius 2 is 1.47 bits per heavy atom. The van der Waals surface area contributed by atoms with Gasteiger partial charge in [-0.2, -0.15) is 0 Å². The zero-order valence-electron chi connectivity index (χ0n) is 22.7. The number of carbonyl (C=O) groups excluding carboxylic acids is 4. The van der Waals surface area contributed by atoms with Gasteiger partial charge >= 0.3 is 6.03 Å². The van der Waals surface area contributed by atoms with Crippen LogP contribution in [0.5, 0.6) is 11.5 Å². The van der Waals surface area contributed by atoms with E-state index >= 15 is 0 Å². The summed E-state index contributed by atoms with van der Waals surface area (Å²) < 4.78 is 10.4. The molecule has 0 aliphatic rings. The van der Waals surface area contributed by atoms with E-state index in [0.29, 0.717) is 30.0 Å².